The van der Waals surface area contributed by atoms with E-state index < -0.39 is 103 Å². The van der Waals surface area contributed by atoms with Crippen molar-refractivity contribution in [3.63, 3.8) is 0 Å². The van der Waals surface area contributed by atoms with Gasteiger partial charge < -0.3 is 78.3 Å². The van der Waals surface area contributed by atoms with Gasteiger partial charge in [0, 0.05) is 44.7 Å². The maximum absolute atomic E-state index is 13.9. The first-order valence-corrected chi connectivity index (χ1v) is 22.3. The first-order valence-electron chi connectivity index (χ1n) is 22.3. The number of rotatable bonds is 28. The van der Waals surface area contributed by atoms with Crippen LogP contribution in [0.5, 0.6) is 0 Å². The third-order valence-electron chi connectivity index (χ3n) is 10.4. The number of hydrogen-bond donors (Lipinski definition) is 12. The molecule has 25 heteroatoms. The largest absolute Gasteiger partial charge is 0.461 e. The van der Waals surface area contributed by atoms with Gasteiger partial charge >= 0.3 is 12.0 Å². The van der Waals surface area contributed by atoms with Crippen LogP contribution in [-0.2, 0) is 60.9 Å². The Morgan fingerprint density at radius 2 is 1.29 bits per heavy atom. The Kier molecular flexibility index (Phi) is 23.8. The number of morpholine rings is 1. The van der Waals surface area contributed by atoms with Crippen molar-refractivity contribution in [2.24, 2.45) is 17.4 Å². The second kappa shape index (κ2) is 29.1. The molecule has 6 atom stereocenters. The van der Waals surface area contributed by atoms with Crippen LogP contribution in [0.15, 0.2) is 36.8 Å². The molecule has 14 N–H and O–H groups in total. The van der Waals surface area contributed by atoms with Crippen LogP contribution in [-0.4, -0.2) is 161 Å². The number of nitrogens with zero attached hydrogens (tertiary/aromatic N) is 2. The molecule has 0 saturated carbocycles. The topological polar surface area (TPSA) is 381 Å². The fraction of sp³-hybridized carbons (Fsp3) is 0.581. The molecular weight excluding hydrogens is 893 g/mol. The standard InChI is InChI=1S/C43H66N12O13/c1-25(2)18-32(39(62)50-31(11-12-36(45)59)37(60)48-28-9-7-27(8-10-28)23-68-26(3)58)51-38(61)30(6-4-5-13-44)49-41(64)34(21-56)53-42(65)35(22-57)52-40(63)33(19-29-20-46-24-47-29)54-43(66)55-14-16-67-17-15-55/h7-10,20,24-25,30-35,56-57H,4-6,11-19,21-23,44H2,1-3H3,(H2,45,59)(H,46,47)(H,48,60)(H,49,64)(H,50,62)(H,51,61)(H,52,63)(H,53,65)(H,54,66)/t30-,31?,32-,33-,34-,35-/m0/s1. The van der Waals surface area contributed by atoms with Crippen LogP contribution in [0.3, 0.4) is 0 Å². The molecular formula is C43H66N12O13. The number of hydrogen-bond acceptors (Lipinski definition) is 15. The highest BCUT2D eigenvalue weighted by Gasteiger charge is 2.34. The van der Waals surface area contributed by atoms with E-state index in [2.05, 4.69) is 47.2 Å². The molecule has 9 amide bonds. The third-order valence-corrected chi connectivity index (χ3v) is 10.4. The summed E-state index contributed by atoms with van der Waals surface area (Å²) in [7, 11) is 0. The van der Waals surface area contributed by atoms with Crippen LogP contribution in [0.4, 0.5) is 10.5 Å². The summed E-state index contributed by atoms with van der Waals surface area (Å²) in [4.78, 5) is 126. The molecule has 1 unspecified atom stereocenters. The molecule has 1 aromatic heterocycles. The van der Waals surface area contributed by atoms with Gasteiger partial charge in [-0.25, -0.2) is 9.78 Å². The Morgan fingerprint density at radius 3 is 1.82 bits per heavy atom. The van der Waals surface area contributed by atoms with Crippen LogP contribution in [0.1, 0.15) is 70.6 Å². The Labute approximate surface area is 393 Å². The monoisotopic (exact) mass is 958 g/mol. The molecule has 1 fully saturated rings. The summed E-state index contributed by atoms with van der Waals surface area (Å²) in [5, 5.41) is 38.0. The van der Waals surface area contributed by atoms with E-state index in [1.54, 1.807) is 38.1 Å². The van der Waals surface area contributed by atoms with E-state index in [0.717, 1.165) is 0 Å². The number of H-pyrrole nitrogens is 1. The van der Waals surface area contributed by atoms with Crippen LogP contribution in [0.2, 0.25) is 0 Å². The van der Waals surface area contributed by atoms with Gasteiger partial charge in [-0.3, -0.25) is 38.4 Å². The lowest BCUT2D eigenvalue weighted by Crippen LogP contribution is -2.61. The SMILES string of the molecule is CC(=O)OCc1ccc(NC(=O)C(CCC(N)=O)NC(=O)[C@H](CC(C)C)NC(=O)[C@H](CCCCN)NC(=O)[C@H](CO)NC(=O)[C@H](CO)NC(=O)[C@H](Cc2c[nH]cn2)NC(=O)N2CCOCC2)cc1. The number of imidazole rings is 1. The molecule has 376 valence electrons. The maximum Gasteiger partial charge on any atom is 0.318 e. The van der Waals surface area contributed by atoms with Gasteiger partial charge in [0.25, 0.3) is 0 Å². The molecule has 1 aromatic carbocycles. The minimum Gasteiger partial charge on any atom is -0.461 e. The van der Waals surface area contributed by atoms with Gasteiger partial charge in [-0.05, 0) is 62.3 Å². The fourth-order valence-corrected chi connectivity index (χ4v) is 6.70. The highest BCUT2D eigenvalue weighted by Crippen LogP contribution is 2.14. The average Bonchev–Trinajstić information content (AvgIpc) is 3.83. The molecule has 3 rings (SSSR count). The number of benzene rings is 1. The van der Waals surface area contributed by atoms with Crippen LogP contribution >= 0.6 is 0 Å². The fourth-order valence-electron chi connectivity index (χ4n) is 6.70. The zero-order valence-corrected chi connectivity index (χ0v) is 38.5. The number of aliphatic hydroxyl groups excluding tert-OH is 2. The number of nitrogens with one attached hydrogen (secondary N) is 8. The van der Waals surface area contributed by atoms with Crippen LogP contribution in [0.25, 0.3) is 0 Å². The van der Waals surface area contributed by atoms with E-state index in [1.165, 1.54) is 24.3 Å². The minimum atomic E-state index is -1.71. The number of carbonyl (C=O) groups excluding carboxylic acids is 9. The number of aromatic amines is 1. The number of primary amides is 1. The number of ether oxygens (including phenoxy) is 2. The van der Waals surface area contributed by atoms with Crippen molar-refractivity contribution in [3.05, 3.63) is 48.0 Å². The number of nitrogens with two attached hydrogens (primary N) is 2. The highest BCUT2D eigenvalue weighted by atomic mass is 16.5. The summed E-state index contributed by atoms with van der Waals surface area (Å²) in [6.45, 7) is 4.32. The predicted octanol–water partition coefficient (Wildman–Crippen LogP) is -3.09. The predicted molar refractivity (Wildman–Crippen MR) is 242 cm³/mol. The molecule has 25 nitrogen and oxygen atoms in total. The van der Waals surface area contributed by atoms with E-state index in [4.69, 9.17) is 20.9 Å². The lowest BCUT2D eigenvalue weighted by atomic mass is 10.0. The number of aromatic nitrogens is 2. The smallest absolute Gasteiger partial charge is 0.318 e. The first-order chi connectivity index (χ1) is 32.4. The highest BCUT2D eigenvalue weighted by molar-refractivity contribution is 6.00. The molecule has 68 heavy (non-hydrogen) atoms. The summed E-state index contributed by atoms with van der Waals surface area (Å²) in [6.07, 6.45) is 3.16. The van der Waals surface area contributed by atoms with Crippen molar-refractivity contribution in [1.29, 1.82) is 0 Å². The Morgan fingerprint density at radius 1 is 0.750 bits per heavy atom. The minimum absolute atomic E-state index is 0.00305. The third kappa shape index (κ3) is 19.6. The van der Waals surface area contributed by atoms with Gasteiger partial charge in [0.1, 0.15) is 42.9 Å². The lowest BCUT2D eigenvalue weighted by molar-refractivity contribution is -0.142. The maximum atomic E-state index is 13.9. The number of aliphatic hydroxyl groups is 2. The van der Waals surface area contributed by atoms with Gasteiger partial charge in [0.2, 0.25) is 41.4 Å². The summed E-state index contributed by atoms with van der Waals surface area (Å²) in [5.41, 5.74) is 12.4. The molecule has 1 aliphatic rings. The van der Waals surface area contributed by atoms with Gasteiger partial charge in [0.05, 0.1) is 38.4 Å². The lowest BCUT2D eigenvalue weighted by Gasteiger charge is -2.29. The molecule has 0 bridgehead atoms. The quantitative estimate of drug-likeness (QED) is 0.0297. The molecule has 0 aliphatic carbocycles. The second-order valence-corrected chi connectivity index (χ2v) is 16.4. The molecule has 0 radical (unpaired) electrons. The number of anilines is 1. The van der Waals surface area contributed by atoms with Gasteiger partial charge in [0.15, 0.2) is 0 Å². The van der Waals surface area contributed by atoms with E-state index in [1.807, 2.05) is 0 Å². The first kappa shape index (κ1) is 55.6. The van der Waals surface area contributed by atoms with E-state index in [9.17, 15) is 53.4 Å². The Balaban J connectivity index is 1.73. The Bertz CT molecular complexity index is 1980. The summed E-state index contributed by atoms with van der Waals surface area (Å²) < 4.78 is 10.3. The van der Waals surface area contributed by atoms with Crippen molar-refractivity contribution in [1.82, 2.24) is 46.8 Å². The van der Waals surface area contributed by atoms with Crippen molar-refractivity contribution in [2.45, 2.75) is 109 Å². The van der Waals surface area contributed by atoms with Crippen molar-refractivity contribution >= 4 is 59.0 Å². The number of esters is 1. The van der Waals surface area contributed by atoms with Gasteiger partial charge in [-0.1, -0.05) is 26.0 Å². The molecule has 1 saturated heterocycles. The molecule has 2 heterocycles. The van der Waals surface area contributed by atoms with Crippen LogP contribution in [0, 0.1) is 5.92 Å². The number of unbranched alkanes of at least 4 members (excludes halogenated alkanes) is 1. The number of urea groups is 1. The summed E-state index contributed by atoms with van der Waals surface area (Å²) >= 11 is 0. The van der Waals surface area contributed by atoms with E-state index >= 15 is 0 Å². The van der Waals surface area contributed by atoms with Crippen molar-refractivity contribution in [2.75, 3.05) is 51.4 Å². The van der Waals surface area contributed by atoms with Gasteiger partial charge in [-0.15, -0.1) is 0 Å². The van der Waals surface area contributed by atoms with Gasteiger partial charge in [-0.2, -0.15) is 0 Å². The molecule has 0 spiro atoms. The molecule has 1 aliphatic heterocycles. The zero-order chi connectivity index (χ0) is 50.2. The van der Waals surface area contributed by atoms with E-state index in [0.29, 0.717) is 43.0 Å². The molecule has 2 aromatic rings. The van der Waals surface area contributed by atoms with Crippen molar-refractivity contribution < 1.29 is 62.8 Å². The summed E-state index contributed by atoms with van der Waals surface area (Å²) in [5.74, 6) is -6.67. The Hall–Kier alpha value is -6.70. The number of amides is 9. The summed E-state index contributed by atoms with van der Waals surface area (Å²) in [6, 6.07) is -2.76. The second-order valence-electron chi connectivity index (χ2n) is 16.4. The number of carbonyl (C=O) groups is 9. The average molecular weight is 959 g/mol. The zero-order valence-electron chi connectivity index (χ0n) is 38.5. The van der Waals surface area contributed by atoms with Crippen LogP contribution < -0.4 is 48.7 Å². The van der Waals surface area contributed by atoms with Crippen molar-refractivity contribution in [3.8, 4) is 0 Å². The normalized spacial score (nSPS) is 15.0. The van der Waals surface area contributed by atoms with E-state index in [-0.39, 0.29) is 64.3 Å².